The molecular formula is C23H30FN3O4. The molecule has 0 saturated carbocycles. The highest BCUT2D eigenvalue weighted by Crippen LogP contribution is 2.35. The van der Waals surface area contributed by atoms with Gasteiger partial charge in [-0.25, -0.2) is 9.37 Å². The van der Waals surface area contributed by atoms with Crippen molar-refractivity contribution in [2.75, 3.05) is 43.7 Å². The molecule has 8 heteroatoms. The fourth-order valence-electron chi connectivity index (χ4n) is 4.05. The molecule has 3 rings (SSSR count). The lowest BCUT2D eigenvalue weighted by molar-refractivity contribution is -0.137. The minimum absolute atomic E-state index is 0.0289. The van der Waals surface area contributed by atoms with Crippen molar-refractivity contribution < 1.29 is 23.8 Å². The number of aromatic nitrogens is 1. The van der Waals surface area contributed by atoms with Gasteiger partial charge in [-0.1, -0.05) is 6.07 Å². The van der Waals surface area contributed by atoms with Crippen LogP contribution in [0.3, 0.4) is 0 Å². The zero-order valence-electron chi connectivity index (χ0n) is 18.0. The predicted molar refractivity (Wildman–Crippen MR) is 118 cm³/mol. The van der Waals surface area contributed by atoms with E-state index < -0.39 is 11.8 Å². The molecule has 2 heterocycles. The summed E-state index contributed by atoms with van der Waals surface area (Å²) >= 11 is 0. The predicted octanol–water partition coefficient (Wildman–Crippen LogP) is 4.17. The number of aliphatic carboxylic acids is 1. The number of nitrogens with one attached hydrogen (secondary N) is 1. The molecule has 1 aromatic heterocycles. The average molecular weight is 432 g/mol. The van der Waals surface area contributed by atoms with Crippen LogP contribution in [0.25, 0.3) is 0 Å². The van der Waals surface area contributed by atoms with Gasteiger partial charge in [0.05, 0.1) is 30.6 Å². The van der Waals surface area contributed by atoms with Gasteiger partial charge in [0, 0.05) is 38.8 Å². The van der Waals surface area contributed by atoms with E-state index in [9.17, 15) is 14.3 Å². The summed E-state index contributed by atoms with van der Waals surface area (Å²) in [6, 6.07) is 9.22. The van der Waals surface area contributed by atoms with Crippen molar-refractivity contribution in [1.29, 1.82) is 0 Å². The van der Waals surface area contributed by atoms with Gasteiger partial charge in [-0.3, -0.25) is 4.79 Å². The standard InChI is InChI=1S/C23H30FN3O4/c1-3-27(19-8-10-31-11-9-19)21-6-4-16(17(15-30-2)13-23(28)29)12-20(21)26-22-7-5-18(24)14-25-22/h4-7,12,14,17,19H,3,8-11,13,15H2,1-2H3,(H,25,26)(H,28,29). The lowest BCUT2D eigenvalue weighted by atomic mass is 9.95. The Balaban J connectivity index is 1.99. The molecule has 0 bridgehead atoms. The topological polar surface area (TPSA) is 83.9 Å². The van der Waals surface area contributed by atoms with Crippen LogP contribution in [0.2, 0.25) is 0 Å². The smallest absolute Gasteiger partial charge is 0.304 e. The zero-order chi connectivity index (χ0) is 22.2. The first kappa shape index (κ1) is 23.0. The number of ether oxygens (including phenoxy) is 2. The Bertz CT molecular complexity index is 856. The number of pyridine rings is 1. The molecule has 0 amide bonds. The van der Waals surface area contributed by atoms with Gasteiger partial charge in [0.2, 0.25) is 0 Å². The molecule has 1 fully saturated rings. The summed E-state index contributed by atoms with van der Waals surface area (Å²) in [4.78, 5) is 17.8. The Morgan fingerprint density at radius 1 is 1.35 bits per heavy atom. The summed E-state index contributed by atoms with van der Waals surface area (Å²) in [6.45, 7) is 4.69. The van der Waals surface area contributed by atoms with Gasteiger partial charge in [0.25, 0.3) is 0 Å². The highest BCUT2D eigenvalue weighted by Gasteiger charge is 2.24. The number of halogens is 1. The van der Waals surface area contributed by atoms with Crippen LogP contribution in [0.1, 0.15) is 37.7 Å². The third kappa shape index (κ3) is 6.15. The maximum Gasteiger partial charge on any atom is 0.304 e. The van der Waals surface area contributed by atoms with Crippen molar-refractivity contribution in [3.8, 4) is 0 Å². The van der Waals surface area contributed by atoms with Gasteiger partial charge >= 0.3 is 5.97 Å². The van der Waals surface area contributed by atoms with E-state index in [0.29, 0.717) is 18.5 Å². The van der Waals surface area contributed by atoms with Crippen LogP contribution in [-0.2, 0) is 14.3 Å². The van der Waals surface area contributed by atoms with Crippen LogP contribution in [-0.4, -0.2) is 55.6 Å². The number of hydrogen-bond donors (Lipinski definition) is 2. The van der Waals surface area contributed by atoms with E-state index in [1.54, 1.807) is 13.2 Å². The van der Waals surface area contributed by atoms with E-state index in [-0.39, 0.29) is 12.3 Å². The fraction of sp³-hybridized carbons (Fsp3) is 0.478. The second-order valence-electron chi connectivity index (χ2n) is 7.64. The Morgan fingerprint density at radius 3 is 2.74 bits per heavy atom. The van der Waals surface area contributed by atoms with E-state index in [4.69, 9.17) is 9.47 Å². The third-order valence-corrected chi connectivity index (χ3v) is 5.55. The second kappa shape index (κ2) is 11.1. The van der Waals surface area contributed by atoms with E-state index in [1.165, 1.54) is 12.3 Å². The molecule has 2 aromatic rings. The van der Waals surface area contributed by atoms with Crippen LogP contribution >= 0.6 is 0 Å². The van der Waals surface area contributed by atoms with Gasteiger partial charge in [0.1, 0.15) is 11.6 Å². The van der Waals surface area contributed by atoms with E-state index in [2.05, 4.69) is 22.1 Å². The molecule has 1 aliphatic heterocycles. The molecule has 1 aromatic carbocycles. The average Bonchev–Trinajstić information content (AvgIpc) is 2.77. The summed E-state index contributed by atoms with van der Waals surface area (Å²) in [5, 5.41) is 12.6. The Labute approximate surface area is 182 Å². The number of carboxylic acids is 1. The van der Waals surface area contributed by atoms with Gasteiger partial charge in [-0.05, 0) is 49.6 Å². The van der Waals surface area contributed by atoms with Crippen molar-refractivity contribution in [2.45, 2.75) is 38.1 Å². The molecule has 31 heavy (non-hydrogen) atoms. The monoisotopic (exact) mass is 431 g/mol. The van der Waals surface area contributed by atoms with Crippen molar-refractivity contribution in [2.24, 2.45) is 0 Å². The molecule has 7 nitrogen and oxygen atoms in total. The summed E-state index contributed by atoms with van der Waals surface area (Å²) in [7, 11) is 1.56. The van der Waals surface area contributed by atoms with Crippen LogP contribution in [0, 0.1) is 5.82 Å². The van der Waals surface area contributed by atoms with Crippen LogP contribution in [0.5, 0.6) is 0 Å². The molecule has 0 aliphatic carbocycles. The highest BCUT2D eigenvalue weighted by molar-refractivity contribution is 5.76. The summed E-state index contributed by atoms with van der Waals surface area (Å²) in [5.41, 5.74) is 2.66. The molecule has 0 radical (unpaired) electrons. The number of carbonyl (C=O) groups is 1. The number of nitrogens with zero attached hydrogens (tertiary/aromatic N) is 2. The first-order valence-electron chi connectivity index (χ1n) is 10.6. The first-order valence-corrected chi connectivity index (χ1v) is 10.6. The largest absolute Gasteiger partial charge is 0.481 e. The molecule has 1 saturated heterocycles. The maximum atomic E-state index is 13.3. The molecule has 1 aliphatic rings. The number of benzene rings is 1. The second-order valence-corrected chi connectivity index (χ2v) is 7.64. The Kier molecular flexibility index (Phi) is 8.20. The lowest BCUT2D eigenvalue weighted by Crippen LogP contribution is -2.39. The van der Waals surface area contributed by atoms with E-state index >= 15 is 0 Å². The SMILES string of the molecule is CCN(c1ccc(C(COC)CC(=O)O)cc1Nc1ccc(F)cn1)C1CCOCC1. The molecule has 0 spiro atoms. The normalized spacial score (nSPS) is 15.5. The Hall–Kier alpha value is -2.71. The molecule has 1 unspecified atom stereocenters. The minimum atomic E-state index is -0.877. The number of hydrogen-bond acceptors (Lipinski definition) is 6. The van der Waals surface area contributed by atoms with Gasteiger partial charge in [-0.2, -0.15) is 0 Å². The molecule has 1 atom stereocenters. The van der Waals surface area contributed by atoms with Crippen LogP contribution < -0.4 is 10.2 Å². The van der Waals surface area contributed by atoms with E-state index in [0.717, 1.165) is 49.5 Å². The quantitative estimate of drug-likeness (QED) is 0.584. The summed E-state index contributed by atoms with van der Waals surface area (Å²) in [6.07, 6.45) is 3.02. The molecular weight excluding hydrogens is 401 g/mol. The first-order chi connectivity index (χ1) is 15.0. The van der Waals surface area contributed by atoms with E-state index in [1.807, 2.05) is 18.2 Å². The zero-order valence-corrected chi connectivity index (χ0v) is 18.0. The van der Waals surface area contributed by atoms with Crippen molar-refractivity contribution in [3.05, 3.63) is 47.9 Å². The summed E-state index contributed by atoms with van der Waals surface area (Å²) < 4.78 is 24.1. The number of anilines is 3. The van der Waals surface area contributed by atoms with Gasteiger partial charge in [-0.15, -0.1) is 0 Å². The fourth-order valence-corrected chi connectivity index (χ4v) is 4.05. The lowest BCUT2D eigenvalue weighted by Gasteiger charge is -2.36. The van der Waals surface area contributed by atoms with Gasteiger partial charge < -0.3 is 24.8 Å². The van der Waals surface area contributed by atoms with Gasteiger partial charge in [0.15, 0.2) is 0 Å². The highest BCUT2D eigenvalue weighted by atomic mass is 19.1. The Morgan fingerprint density at radius 2 is 2.13 bits per heavy atom. The number of rotatable bonds is 10. The van der Waals surface area contributed by atoms with Crippen LogP contribution in [0.15, 0.2) is 36.5 Å². The number of carboxylic acid groups (broad SMARTS) is 1. The molecule has 168 valence electrons. The minimum Gasteiger partial charge on any atom is -0.481 e. The number of methoxy groups -OCH3 is 1. The van der Waals surface area contributed by atoms with Crippen molar-refractivity contribution >= 4 is 23.2 Å². The maximum absolute atomic E-state index is 13.3. The van der Waals surface area contributed by atoms with Crippen molar-refractivity contribution in [3.63, 3.8) is 0 Å². The third-order valence-electron chi connectivity index (χ3n) is 5.55. The summed E-state index contributed by atoms with van der Waals surface area (Å²) in [5.74, 6) is -1.04. The van der Waals surface area contributed by atoms with Crippen molar-refractivity contribution in [1.82, 2.24) is 4.98 Å². The van der Waals surface area contributed by atoms with Crippen LogP contribution in [0.4, 0.5) is 21.6 Å². The molecule has 2 N–H and O–H groups in total.